The van der Waals surface area contributed by atoms with Crippen LogP contribution in [0.5, 0.6) is 0 Å². The second-order valence-electron chi connectivity index (χ2n) is 14.7. The van der Waals surface area contributed by atoms with Crippen LogP contribution in [0.25, 0.3) is 120 Å². The van der Waals surface area contributed by atoms with Crippen LogP contribution in [0.15, 0.2) is 176 Å². The van der Waals surface area contributed by atoms with Crippen LogP contribution >= 0.6 is 0 Å². The third kappa shape index (κ3) is 4.34. The van der Waals surface area contributed by atoms with Gasteiger partial charge < -0.3 is 4.57 Å². The molecule has 0 bridgehead atoms. The SMILES string of the molecule is [C-]#[N+]c1cc2ccc3cc(-c4ccc(-c5cc6ccc7cc(-c8ccccn8)cc8ccc(c5)c6c78)c5ccccc45)cc4c3c2c(c1)n4-c1ccccc1. The van der Waals surface area contributed by atoms with Gasteiger partial charge >= 0.3 is 0 Å². The van der Waals surface area contributed by atoms with E-state index in [0.717, 1.165) is 33.4 Å². The monoisotopic (exact) mass is 695 g/mol. The first-order valence-corrected chi connectivity index (χ1v) is 18.6. The third-order valence-electron chi connectivity index (χ3n) is 11.6. The largest absolute Gasteiger partial charge is 0.310 e. The van der Waals surface area contributed by atoms with Gasteiger partial charge in [-0.2, -0.15) is 0 Å². The van der Waals surface area contributed by atoms with Crippen molar-refractivity contribution < 1.29 is 0 Å². The van der Waals surface area contributed by atoms with Crippen molar-refractivity contribution in [2.24, 2.45) is 0 Å². The summed E-state index contributed by atoms with van der Waals surface area (Å²) in [6.07, 6.45) is 1.86. The number of hydrogen-bond donors (Lipinski definition) is 0. The maximum Gasteiger partial charge on any atom is 0.189 e. The number of nitrogens with zero attached hydrogens (tertiary/aromatic N) is 3. The van der Waals surface area contributed by atoms with E-state index in [2.05, 4.69) is 160 Å². The van der Waals surface area contributed by atoms with Crippen LogP contribution in [0.3, 0.4) is 0 Å². The fraction of sp³-hybridized carbons (Fsp3) is 0. The predicted molar refractivity (Wildman–Crippen MR) is 231 cm³/mol. The summed E-state index contributed by atoms with van der Waals surface area (Å²) in [6, 6.07) is 61.5. The standard InChI is InChI=1S/C52H29N3/c1-53-40-28-36-19-18-35-25-38(29-47-51(35)52(36)48(30-40)55(47)41-9-3-2-4-10-41)43-21-20-42(44-11-5-6-12-45(43)44)37-23-31-14-16-33-26-39(46-13-7-8-22-54-46)27-34-17-15-32(24-37)49(31)50(33)34/h2-30H. The number of pyridine rings is 1. The summed E-state index contributed by atoms with van der Waals surface area (Å²) in [4.78, 5) is 8.46. The zero-order valence-electron chi connectivity index (χ0n) is 29.6. The van der Waals surface area contributed by atoms with E-state index in [1.54, 1.807) is 0 Å². The lowest BCUT2D eigenvalue weighted by Crippen LogP contribution is -1.93. The first kappa shape index (κ1) is 30.0. The van der Waals surface area contributed by atoms with Crippen molar-refractivity contribution in [1.82, 2.24) is 9.55 Å². The predicted octanol–water partition coefficient (Wildman–Crippen LogP) is 14.4. The molecule has 12 rings (SSSR count). The fourth-order valence-electron chi connectivity index (χ4n) is 9.30. The van der Waals surface area contributed by atoms with Crippen LogP contribution in [0.4, 0.5) is 5.69 Å². The molecule has 12 aromatic rings. The normalized spacial score (nSPS) is 12.0. The second kappa shape index (κ2) is 11.2. The summed E-state index contributed by atoms with van der Waals surface area (Å²) in [5.74, 6) is 0. The molecule has 252 valence electrons. The van der Waals surface area contributed by atoms with E-state index in [1.807, 2.05) is 30.5 Å². The number of para-hydroxylation sites is 1. The Kier molecular flexibility index (Phi) is 6.12. The maximum absolute atomic E-state index is 7.84. The molecule has 0 radical (unpaired) electrons. The molecule has 0 saturated carbocycles. The van der Waals surface area contributed by atoms with Gasteiger partial charge in [-0.05, 0) is 149 Å². The number of rotatable bonds is 4. The molecule has 3 heteroatoms. The Morgan fingerprint density at radius 2 is 0.909 bits per heavy atom. The number of fused-ring (bicyclic) bond motifs is 1. The molecule has 0 aliphatic carbocycles. The second-order valence-corrected chi connectivity index (χ2v) is 14.7. The van der Waals surface area contributed by atoms with E-state index in [0.29, 0.717) is 5.69 Å². The quantitative estimate of drug-likeness (QED) is 0.133. The minimum atomic E-state index is 0.652. The van der Waals surface area contributed by atoms with Gasteiger partial charge in [-0.3, -0.25) is 4.98 Å². The molecule has 55 heavy (non-hydrogen) atoms. The Bertz CT molecular complexity index is 3470. The van der Waals surface area contributed by atoms with E-state index in [4.69, 9.17) is 6.57 Å². The molecule has 0 amide bonds. The van der Waals surface area contributed by atoms with E-state index in [9.17, 15) is 0 Å². The van der Waals surface area contributed by atoms with Crippen molar-refractivity contribution in [2.45, 2.75) is 0 Å². The van der Waals surface area contributed by atoms with Crippen molar-refractivity contribution in [3.05, 3.63) is 187 Å². The van der Waals surface area contributed by atoms with E-state index in [-0.39, 0.29) is 0 Å². The van der Waals surface area contributed by atoms with Gasteiger partial charge in [0.05, 0.1) is 17.8 Å². The average Bonchev–Trinajstić information content (AvgIpc) is 3.59. The van der Waals surface area contributed by atoms with Crippen LogP contribution in [0.2, 0.25) is 0 Å². The summed E-state index contributed by atoms with van der Waals surface area (Å²) in [5.41, 5.74) is 10.9. The molecule has 0 N–H and O–H groups in total. The Hall–Kier alpha value is -7.54. The highest BCUT2D eigenvalue weighted by atomic mass is 15.0. The van der Waals surface area contributed by atoms with Crippen LogP contribution < -0.4 is 0 Å². The van der Waals surface area contributed by atoms with Crippen molar-refractivity contribution in [3.8, 4) is 39.2 Å². The van der Waals surface area contributed by atoms with Gasteiger partial charge in [0.25, 0.3) is 0 Å². The van der Waals surface area contributed by atoms with Gasteiger partial charge in [0.15, 0.2) is 5.69 Å². The lowest BCUT2D eigenvalue weighted by atomic mass is 9.87. The molecule has 2 aromatic heterocycles. The molecule has 0 saturated heterocycles. The van der Waals surface area contributed by atoms with Gasteiger partial charge in [-0.25, -0.2) is 4.85 Å². The highest BCUT2D eigenvalue weighted by molar-refractivity contribution is 6.27. The minimum Gasteiger partial charge on any atom is -0.310 e. The van der Waals surface area contributed by atoms with E-state index >= 15 is 0 Å². The zero-order chi connectivity index (χ0) is 36.2. The highest BCUT2D eigenvalue weighted by Crippen LogP contribution is 2.45. The maximum atomic E-state index is 7.84. The van der Waals surface area contributed by atoms with Gasteiger partial charge in [0, 0.05) is 33.7 Å². The van der Waals surface area contributed by atoms with E-state index in [1.165, 1.54) is 81.5 Å². The van der Waals surface area contributed by atoms with E-state index < -0.39 is 0 Å². The number of benzene rings is 10. The molecule has 0 fully saturated rings. The molecule has 0 unspecified atom stereocenters. The topological polar surface area (TPSA) is 22.2 Å². The van der Waals surface area contributed by atoms with Gasteiger partial charge in [-0.15, -0.1) is 0 Å². The molecule has 0 aliphatic rings. The van der Waals surface area contributed by atoms with Crippen molar-refractivity contribution in [3.63, 3.8) is 0 Å². The van der Waals surface area contributed by atoms with Gasteiger partial charge in [0.1, 0.15) is 0 Å². The first-order chi connectivity index (χ1) is 27.2. The third-order valence-corrected chi connectivity index (χ3v) is 11.6. The van der Waals surface area contributed by atoms with Gasteiger partial charge in [-0.1, -0.05) is 97.1 Å². The molecular formula is C52H29N3. The lowest BCUT2D eigenvalue weighted by Gasteiger charge is -2.16. The summed E-state index contributed by atoms with van der Waals surface area (Å²) in [7, 11) is 0. The van der Waals surface area contributed by atoms with Gasteiger partial charge in [0.2, 0.25) is 0 Å². The Morgan fingerprint density at radius 3 is 1.47 bits per heavy atom. The average molecular weight is 696 g/mol. The summed E-state index contributed by atoms with van der Waals surface area (Å²) in [5, 5.41) is 14.8. The molecule has 0 aliphatic heterocycles. The van der Waals surface area contributed by atoms with Crippen LogP contribution in [0.1, 0.15) is 0 Å². The highest BCUT2D eigenvalue weighted by Gasteiger charge is 2.20. The Morgan fingerprint density at radius 1 is 0.418 bits per heavy atom. The molecule has 2 heterocycles. The number of hydrogen-bond acceptors (Lipinski definition) is 1. The Balaban J connectivity index is 1.05. The van der Waals surface area contributed by atoms with Crippen LogP contribution in [-0.2, 0) is 0 Å². The van der Waals surface area contributed by atoms with Crippen LogP contribution in [-0.4, -0.2) is 9.55 Å². The van der Waals surface area contributed by atoms with Crippen molar-refractivity contribution >= 4 is 81.4 Å². The summed E-state index contributed by atoms with van der Waals surface area (Å²) < 4.78 is 2.34. The smallest absolute Gasteiger partial charge is 0.189 e. The molecule has 0 atom stereocenters. The molecule has 0 spiro atoms. The lowest BCUT2D eigenvalue weighted by molar-refractivity contribution is 1.18. The number of aromatic nitrogens is 2. The first-order valence-electron chi connectivity index (χ1n) is 18.6. The summed E-state index contributed by atoms with van der Waals surface area (Å²) in [6.45, 7) is 7.84. The van der Waals surface area contributed by atoms with Crippen molar-refractivity contribution in [2.75, 3.05) is 0 Å². The molecule has 10 aromatic carbocycles. The summed E-state index contributed by atoms with van der Waals surface area (Å²) >= 11 is 0. The Labute approximate surface area is 316 Å². The minimum absolute atomic E-state index is 0.652. The molecular weight excluding hydrogens is 667 g/mol. The van der Waals surface area contributed by atoms with Crippen LogP contribution in [0, 0.1) is 6.57 Å². The zero-order valence-corrected chi connectivity index (χ0v) is 29.6. The molecule has 3 nitrogen and oxygen atoms in total. The fourth-order valence-corrected chi connectivity index (χ4v) is 9.30. The van der Waals surface area contributed by atoms with Crippen molar-refractivity contribution in [1.29, 1.82) is 0 Å².